The Balaban J connectivity index is 1.96. The number of aryl methyl sites for hydroxylation is 1. The molecule has 1 aromatic carbocycles. The van der Waals surface area contributed by atoms with Crippen LogP contribution in [0.15, 0.2) is 48.7 Å². The largest absolute Gasteiger partial charge is 0.366 e. The highest BCUT2D eigenvalue weighted by Crippen LogP contribution is 2.11. The molecule has 5 nitrogen and oxygen atoms in total. The number of carbonyl (C=O) groups excluding carboxylic acids is 2. The first-order valence-corrected chi connectivity index (χ1v) is 6.25. The Morgan fingerprint density at radius 2 is 1.85 bits per heavy atom. The zero-order valence-corrected chi connectivity index (χ0v) is 10.9. The van der Waals surface area contributed by atoms with Gasteiger partial charge in [-0.15, -0.1) is 0 Å². The Labute approximate surface area is 116 Å². The average Bonchev–Trinajstić information content (AvgIpc) is 2.46. The summed E-state index contributed by atoms with van der Waals surface area (Å²) in [5.74, 6) is -0.116. The molecule has 0 aliphatic rings. The number of hydrogen-bond donors (Lipinski definition) is 2. The molecule has 0 saturated heterocycles. The molecule has 1 heterocycles. The summed E-state index contributed by atoms with van der Waals surface area (Å²) >= 11 is 0. The number of pyridine rings is 1. The molecular weight excluding hydrogens is 254 g/mol. The van der Waals surface area contributed by atoms with E-state index in [-0.39, 0.29) is 12.3 Å². The number of hydrogen-bond acceptors (Lipinski definition) is 3. The highest BCUT2D eigenvalue weighted by Gasteiger charge is 2.09. The second kappa shape index (κ2) is 6.47. The van der Waals surface area contributed by atoms with E-state index in [1.54, 1.807) is 42.6 Å². The van der Waals surface area contributed by atoms with Crippen molar-refractivity contribution in [1.82, 2.24) is 4.98 Å². The lowest BCUT2D eigenvalue weighted by Crippen LogP contribution is -2.16. The van der Waals surface area contributed by atoms with E-state index in [0.29, 0.717) is 17.8 Å². The molecule has 0 radical (unpaired) electrons. The van der Waals surface area contributed by atoms with Gasteiger partial charge in [-0.25, -0.2) is 4.98 Å². The van der Waals surface area contributed by atoms with Crippen LogP contribution in [0.3, 0.4) is 0 Å². The number of nitrogens with two attached hydrogens (primary N) is 1. The van der Waals surface area contributed by atoms with Crippen LogP contribution in [0.25, 0.3) is 0 Å². The average molecular weight is 269 g/mol. The summed E-state index contributed by atoms with van der Waals surface area (Å²) in [6.45, 7) is 0. The maximum atomic E-state index is 11.8. The summed E-state index contributed by atoms with van der Waals surface area (Å²) < 4.78 is 0. The first-order valence-electron chi connectivity index (χ1n) is 6.25. The van der Waals surface area contributed by atoms with Crippen molar-refractivity contribution in [2.75, 3.05) is 5.32 Å². The number of primary amides is 1. The Hall–Kier alpha value is -2.69. The minimum absolute atomic E-state index is 0.150. The number of anilines is 1. The van der Waals surface area contributed by atoms with Crippen molar-refractivity contribution in [2.24, 2.45) is 5.73 Å². The molecule has 0 aliphatic carbocycles. The quantitative estimate of drug-likeness (QED) is 0.867. The fourth-order valence-corrected chi connectivity index (χ4v) is 1.87. The predicted molar refractivity (Wildman–Crippen MR) is 76.1 cm³/mol. The minimum atomic E-state index is -0.481. The van der Waals surface area contributed by atoms with Gasteiger partial charge in [-0.3, -0.25) is 9.59 Å². The summed E-state index contributed by atoms with van der Waals surface area (Å²) in [5, 5.41) is 2.69. The monoisotopic (exact) mass is 269 g/mol. The first kappa shape index (κ1) is 13.7. The van der Waals surface area contributed by atoms with E-state index in [9.17, 15) is 9.59 Å². The third kappa shape index (κ3) is 3.65. The molecule has 2 rings (SSSR count). The molecule has 0 bridgehead atoms. The predicted octanol–water partition coefficient (Wildman–Crippen LogP) is 1.75. The Morgan fingerprint density at radius 3 is 2.55 bits per heavy atom. The SMILES string of the molecule is NC(=O)c1ccccc1CCC(=O)Nc1ccccn1. The van der Waals surface area contributed by atoms with Gasteiger partial charge in [0.15, 0.2) is 0 Å². The fraction of sp³-hybridized carbons (Fsp3) is 0.133. The Morgan fingerprint density at radius 1 is 1.10 bits per heavy atom. The van der Waals surface area contributed by atoms with Crippen LogP contribution in [0, 0.1) is 0 Å². The standard InChI is InChI=1S/C15H15N3O2/c16-15(20)12-6-2-1-5-11(12)8-9-14(19)18-13-7-3-4-10-17-13/h1-7,10H,8-9H2,(H2,16,20)(H,17,18,19). The van der Waals surface area contributed by atoms with E-state index in [1.807, 2.05) is 6.07 Å². The van der Waals surface area contributed by atoms with Crippen molar-refractivity contribution in [3.8, 4) is 0 Å². The smallest absolute Gasteiger partial charge is 0.248 e. The molecule has 2 aromatic rings. The molecule has 0 unspecified atom stereocenters. The van der Waals surface area contributed by atoms with E-state index in [4.69, 9.17) is 5.73 Å². The molecule has 3 N–H and O–H groups in total. The van der Waals surface area contributed by atoms with Gasteiger partial charge in [0, 0.05) is 18.2 Å². The lowest BCUT2D eigenvalue weighted by molar-refractivity contribution is -0.116. The second-order valence-electron chi connectivity index (χ2n) is 4.28. The van der Waals surface area contributed by atoms with E-state index < -0.39 is 5.91 Å². The molecule has 2 amide bonds. The molecule has 0 fully saturated rings. The van der Waals surface area contributed by atoms with Crippen molar-refractivity contribution in [3.63, 3.8) is 0 Å². The van der Waals surface area contributed by atoms with Gasteiger partial charge in [0.25, 0.3) is 0 Å². The zero-order chi connectivity index (χ0) is 14.4. The lowest BCUT2D eigenvalue weighted by atomic mass is 10.0. The maximum Gasteiger partial charge on any atom is 0.248 e. The summed E-state index contributed by atoms with van der Waals surface area (Å²) in [7, 11) is 0. The van der Waals surface area contributed by atoms with Gasteiger partial charge in [0.1, 0.15) is 5.82 Å². The molecule has 102 valence electrons. The van der Waals surface area contributed by atoms with Crippen molar-refractivity contribution < 1.29 is 9.59 Å². The van der Waals surface area contributed by atoms with Crippen LogP contribution >= 0.6 is 0 Å². The second-order valence-corrected chi connectivity index (χ2v) is 4.28. The summed E-state index contributed by atoms with van der Waals surface area (Å²) in [6.07, 6.45) is 2.33. The molecule has 0 atom stereocenters. The van der Waals surface area contributed by atoms with Crippen molar-refractivity contribution >= 4 is 17.6 Å². The number of nitrogens with zero attached hydrogens (tertiary/aromatic N) is 1. The number of benzene rings is 1. The maximum absolute atomic E-state index is 11.8. The van der Waals surface area contributed by atoms with Gasteiger partial charge < -0.3 is 11.1 Å². The molecule has 1 aromatic heterocycles. The summed E-state index contributed by atoms with van der Waals surface area (Å²) in [5.41, 5.74) is 6.53. The molecule has 0 saturated carbocycles. The van der Waals surface area contributed by atoms with Crippen LogP contribution in [0.5, 0.6) is 0 Å². The molecule has 5 heteroatoms. The number of nitrogens with one attached hydrogen (secondary N) is 1. The van der Waals surface area contributed by atoms with Crippen LogP contribution in [0.1, 0.15) is 22.3 Å². The third-order valence-corrected chi connectivity index (χ3v) is 2.84. The van der Waals surface area contributed by atoms with Crippen molar-refractivity contribution in [3.05, 3.63) is 59.8 Å². The van der Waals surface area contributed by atoms with Crippen LogP contribution < -0.4 is 11.1 Å². The van der Waals surface area contributed by atoms with Crippen LogP contribution in [-0.4, -0.2) is 16.8 Å². The van der Waals surface area contributed by atoms with Gasteiger partial charge in [0.2, 0.25) is 11.8 Å². The fourth-order valence-electron chi connectivity index (χ4n) is 1.87. The van der Waals surface area contributed by atoms with Gasteiger partial charge in [0.05, 0.1) is 0 Å². The number of aromatic nitrogens is 1. The van der Waals surface area contributed by atoms with Crippen LogP contribution in [-0.2, 0) is 11.2 Å². The number of carbonyl (C=O) groups is 2. The molecule has 20 heavy (non-hydrogen) atoms. The van der Waals surface area contributed by atoms with Crippen molar-refractivity contribution in [2.45, 2.75) is 12.8 Å². The van der Waals surface area contributed by atoms with E-state index in [2.05, 4.69) is 10.3 Å². The summed E-state index contributed by atoms with van der Waals surface area (Å²) in [4.78, 5) is 27.1. The van der Waals surface area contributed by atoms with Crippen molar-refractivity contribution in [1.29, 1.82) is 0 Å². The molecular formula is C15H15N3O2. The lowest BCUT2D eigenvalue weighted by Gasteiger charge is -2.07. The van der Waals surface area contributed by atoms with Gasteiger partial charge in [-0.1, -0.05) is 24.3 Å². The normalized spacial score (nSPS) is 10.0. The van der Waals surface area contributed by atoms with Crippen LogP contribution in [0.2, 0.25) is 0 Å². The molecule has 0 spiro atoms. The van der Waals surface area contributed by atoms with Crippen LogP contribution in [0.4, 0.5) is 5.82 Å². The topological polar surface area (TPSA) is 85.1 Å². The van der Waals surface area contributed by atoms with E-state index in [1.165, 1.54) is 0 Å². The van der Waals surface area contributed by atoms with Gasteiger partial charge >= 0.3 is 0 Å². The number of rotatable bonds is 5. The Bertz CT molecular complexity index is 612. The summed E-state index contributed by atoms with van der Waals surface area (Å²) in [6, 6.07) is 12.3. The van der Waals surface area contributed by atoms with E-state index in [0.717, 1.165) is 5.56 Å². The third-order valence-electron chi connectivity index (χ3n) is 2.84. The zero-order valence-electron chi connectivity index (χ0n) is 10.9. The highest BCUT2D eigenvalue weighted by atomic mass is 16.2. The first-order chi connectivity index (χ1) is 9.66. The highest BCUT2D eigenvalue weighted by molar-refractivity contribution is 5.95. The van der Waals surface area contributed by atoms with Gasteiger partial charge in [-0.2, -0.15) is 0 Å². The van der Waals surface area contributed by atoms with E-state index >= 15 is 0 Å². The Kier molecular flexibility index (Phi) is 4.44. The molecule has 0 aliphatic heterocycles. The number of amides is 2. The van der Waals surface area contributed by atoms with Gasteiger partial charge in [-0.05, 0) is 30.2 Å². The minimum Gasteiger partial charge on any atom is -0.366 e.